The van der Waals surface area contributed by atoms with Gasteiger partial charge in [0.1, 0.15) is 5.82 Å². The van der Waals surface area contributed by atoms with Crippen LogP contribution in [0.15, 0.2) is 11.2 Å². The fourth-order valence-electron chi connectivity index (χ4n) is 2.32. The topological polar surface area (TPSA) is 67.4 Å². The quantitative estimate of drug-likeness (QED) is 0.661. The maximum absolute atomic E-state index is 12.1. The Labute approximate surface area is 128 Å². The number of morpholine rings is 1. The lowest BCUT2D eigenvalue weighted by Gasteiger charge is -2.33. The maximum atomic E-state index is 12.1. The van der Waals surface area contributed by atoms with Crippen molar-refractivity contribution < 1.29 is 9.53 Å². The van der Waals surface area contributed by atoms with Crippen molar-refractivity contribution >= 4 is 23.5 Å². The highest BCUT2D eigenvalue weighted by Gasteiger charge is 2.31. The molecule has 0 spiro atoms. The molecule has 1 aliphatic carbocycles. The minimum atomic E-state index is -0.410. The molecule has 0 bridgehead atoms. The Morgan fingerprint density at radius 1 is 1.48 bits per heavy atom. The molecule has 1 saturated carbocycles. The molecule has 1 amide bonds. The van der Waals surface area contributed by atoms with Crippen molar-refractivity contribution in [1.82, 2.24) is 15.3 Å². The third kappa shape index (κ3) is 3.65. The normalized spacial score (nSPS) is 22.2. The summed E-state index contributed by atoms with van der Waals surface area (Å²) in [5.74, 6) is 0.873. The van der Waals surface area contributed by atoms with E-state index in [1.165, 1.54) is 11.8 Å². The summed E-state index contributed by atoms with van der Waals surface area (Å²) in [7, 11) is 0. The second kappa shape index (κ2) is 6.19. The molecule has 2 heterocycles. The molecule has 21 heavy (non-hydrogen) atoms. The number of rotatable bonds is 4. The largest absolute Gasteiger partial charge is 0.365 e. The fraction of sp³-hybridized carbons (Fsp3) is 0.643. The summed E-state index contributed by atoms with van der Waals surface area (Å²) in [6.07, 6.45) is 3.73. The molecule has 2 fully saturated rings. The molecule has 7 heteroatoms. The summed E-state index contributed by atoms with van der Waals surface area (Å²) in [6, 6.07) is 2.32. The summed E-state index contributed by atoms with van der Waals surface area (Å²) < 4.78 is 5.60. The summed E-state index contributed by atoms with van der Waals surface area (Å²) >= 11 is 1.53. The van der Waals surface area contributed by atoms with Gasteiger partial charge in [-0.15, -0.1) is 0 Å². The van der Waals surface area contributed by atoms with Crippen LogP contribution in [-0.2, 0) is 9.53 Å². The first kappa shape index (κ1) is 14.6. The number of hydrogen-bond donors (Lipinski definition) is 1. The van der Waals surface area contributed by atoms with E-state index in [9.17, 15) is 4.79 Å². The summed E-state index contributed by atoms with van der Waals surface area (Å²) in [5.41, 5.74) is 0.940. The van der Waals surface area contributed by atoms with E-state index < -0.39 is 6.10 Å². The van der Waals surface area contributed by atoms with E-state index in [4.69, 9.17) is 4.74 Å². The van der Waals surface area contributed by atoms with Crippen molar-refractivity contribution in [3.05, 3.63) is 11.8 Å². The van der Waals surface area contributed by atoms with Gasteiger partial charge in [0.15, 0.2) is 11.3 Å². The van der Waals surface area contributed by atoms with Gasteiger partial charge in [-0.3, -0.25) is 4.79 Å². The van der Waals surface area contributed by atoms with Crippen LogP contribution in [0.1, 0.15) is 18.5 Å². The molecule has 1 aliphatic heterocycles. The van der Waals surface area contributed by atoms with Crippen molar-refractivity contribution in [2.45, 2.75) is 37.1 Å². The van der Waals surface area contributed by atoms with Crippen LogP contribution in [0, 0.1) is 6.92 Å². The molecule has 1 aromatic rings. The van der Waals surface area contributed by atoms with Crippen LogP contribution >= 0.6 is 11.8 Å². The summed E-state index contributed by atoms with van der Waals surface area (Å²) in [4.78, 5) is 23.1. The van der Waals surface area contributed by atoms with E-state index in [1.54, 1.807) is 0 Å². The Balaban J connectivity index is 1.70. The second-order valence-electron chi connectivity index (χ2n) is 5.44. The standard InChI is InChI=1S/C14H20N4O2S/c1-9-7-12(17-14(15-9)21-2)18-5-6-20-11(8-18)13(19)16-10-3-4-10/h7,10-11H,3-6,8H2,1-2H3,(H,16,19). The van der Waals surface area contributed by atoms with Crippen molar-refractivity contribution in [1.29, 1.82) is 0 Å². The van der Waals surface area contributed by atoms with Crippen molar-refractivity contribution in [2.75, 3.05) is 30.9 Å². The lowest BCUT2D eigenvalue weighted by Crippen LogP contribution is -2.50. The number of nitrogens with zero attached hydrogens (tertiary/aromatic N) is 3. The van der Waals surface area contributed by atoms with Gasteiger partial charge in [-0.25, -0.2) is 9.97 Å². The van der Waals surface area contributed by atoms with Gasteiger partial charge in [0.2, 0.25) is 0 Å². The predicted octanol–water partition coefficient (Wildman–Crippen LogP) is 0.991. The van der Waals surface area contributed by atoms with Crippen LogP contribution in [0.4, 0.5) is 5.82 Å². The highest BCUT2D eigenvalue weighted by atomic mass is 32.2. The van der Waals surface area contributed by atoms with Gasteiger partial charge in [-0.05, 0) is 26.0 Å². The van der Waals surface area contributed by atoms with Gasteiger partial charge < -0.3 is 15.0 Å². The van der Waals surface area contributed by atoms with Gasteiger partial charge in [-0.2, -0.15) is 0 Å². The monoisotopic (exact) mass is 308 g/mol. The Kier molecular flexibility index (Phi) is 4.30. The molecule has 1 saturated heterocycles. The lowest BCUT2D eigenvalue weighted by molar-refractivity contribution is -0.133. The molecule has 0 aromatic carbocycles. The van der Waals surface area contributed by atoms with E-state index >= 15 is 0 Å². The van der Waals surface area contributed by atoms with Crippen LogP contribution < -0.4 is 10.2 Å². The molecule has 2 aliphatic rings. The first-order valence-electron chi connectivity index (χ1n) is 7.22. The zero-order chi connectivity index (χ0) is 14.8. The summed E-state index contributed by atoms with van der Waals surface area (Å²) in [5, 5.41) is 3.76. The zero-order valence-electron chi connectivity index (χ0n) is 12.3. The minimum absolute atomic E-state index is 0.00179. The number of aromatic nitrogens is 2. The number of carbonyl (C=O) groups excluding carboxylic acids is 1. The lowest BCUT2D eigenvalue weighted by atomic mass is 10.2. The first-order chi connectivity index (χ1) is 10.2. The van der Waals surface area contributed by atoms with Crippen LogP contribution in [-0.4, -0.2) is 54.0 Å². The van der Waals surface area contributed by atoms with Crippen molar-refractivity contribution in [3.63, 3.8) is 0 Å². The van der Waals surface area contributed by atoms with E-state index in [0.29, 0.717) is 19.2 Å². The Hall–Kier alpha value is -1.34. The van der Waals surface area contributed by atoms with Crippen molar-refractivity contribution in [2.24, 2.45) is 0 Å². The second-order valence-corrected chi connectivity index (χ2v) is 6.22. The third-order valence-corrected chi connectivity index (χ3v) is 4.16. The van der Waals surface area contributed by atoms with Gasteiger partial charge in [-0.1, -0.05) is 11.8 Å². The van der Waals surface area contributed by atoms with Crippen molar-refractivity contribution in [3.8, 4) is 0 Å². The van der Waals surface area contributed by atoms with Gasteiger partial charge >= 0.3 is 0 Å². The van der Waals surface area contributed by atoms with Gasteiger partial charge in [0.05, 0.1) is 13.2 Å². The van der Waals surface area contributed by atoms with Crippen LogP contribution in [0.5, 0.6) is 0 Å². The molecule has 1 unspecified atom stereocenters. The Morgan fingerprint density at radius 2 is 2.29 bits per heavy atom. The number of aryl methyl sites for hydroxylation is 1. The minimum Gasteiger partial charge on any atom is -0.365 e. The number of thioether (sulfide) groups is 1. The Morgan fingerprint density at radius 3 is 3.00 bits per heavy atom. The van der Waals surface area contributed by atoms with Crippen LogP contribution in [0.3, 0.4) is 0 Å². The van der Waals surface area contributed by atoms with Crippen LogP contribution in [0.2, 0.25) is 0 Å². The maximum Gasteiger partial charge on any atom is 0.251 e. The van der Waals surface area contributed by atoms with E-state index in [0.717, 1.165) is 36.1 Å². The predicted molar refractivity (Wildman–Crippen MR) is 81.7 cm³/mol. The molecule has 6 nitrogen and oxygen atoms in total. The van der Waals surface area contributed by atoms with Gasteiger partial charge in [0.25, 0.3) is 5.91 Å². The van der Waals surface area contributed by atoms with E-state index in [2.05, 4.69) is 20.2 Å². The Bertz CT molecular complexity index is 536. The third-order valence-electron chi connectivity index (χ3n) is 3.61. The number of amides is 1. The van der Waals surface area contributed by atoms with Crippen LogP contribution in [0.25, 0.3) is 0 Å². The molecule has 0 radical (unpaired) electrons. The number of hydrogen-bond acceptors (Lipinski definition) is 6. The van der Waals surface area contributed by atoms with E-state index in [-0.39, 0.29) is 5.91 Å². The SMILES string of the molecule is CSc1nc(C)cc(N2CCOC(C(=O)NC3CC3)C2)n1. The number of nitrogens with one attached hydrogen (secondary N) is 1. The smallest absolute Gasteiger partial charge is 0.251 e. The number of anilines is 1. The average Bonchev–Trinajstić information content (AvgIpc) is 3.30. The van der Waals surface area contributed by atoms with Gasteiger partial charge in [0, 0.05) is 24.3 Å². The fourth-order valence-corrected chi connectivity index (χ4v) is 2.74. The molecular formula is C14H20N4O2S. The number of ether oxygens (including phenoxy) is 1. The molecule has 1 N–H and O–H groups in total. The first-order valence-corrected chi connectivity index (χ1v) is 8.45. The molecule has 114 valence electrons. The highest BCUT2D eigenvalue weighted by Crippen LogP contribution is 2.22. The van der Waals surface area contributed by atoms with E-state index in [1.807, 2.05) is 19.2 Å². The molecule has 1 atom stereocenters. The molecule has 3 rings (SSSR count). The average molecular weight is 308 g/mol. The summed E-state index contributed by atoms with van der Waals surface area (Å²) in [6.45, 7) is 3.79. The molecular weight excluding hydrogens is 288 g/mol. The zero-order valence-corrected chi connectivity index (χ0v) is 13.2. The highest BCUT2D eigenvalue weighted by molar-refractivity contribution is 7.98. The number of carbonyl (C=O) groups is 1. The molecule has 1 aromatic heterocycles.